The van der Waals surface area contributed by atoms with Gasteiger partial charge in [0, 0.05) is 5.56 Å². The fourth-order valence-electron chi connectivity index (χ4n) is 1.83. The van der Waals surface area contributed by atoms with Gasteiger partial charge in [0.1, 0.15) is 17.7 Å². The molecule has 0 radical (unpaired) electrons. The van der Waals surface area contributed by atoms with Gasteiger partial charge < -0.3 is 10.1 Å². The summed E-state index contributed by atoms with van der Waals surface area (Å²) in [7, 11) is 1.85. The summed E-state index contributed by atoms with van der Waals surface area (Å²) < 4.78 is 19.4. The number of ether oxygens (including phenoxy) is 1. The van der Waals surface area contributed by atoms with E-state index >= 15 is 0 Å². The smallest absolute Gasteiger partial charge is 0.139 e. The van der Waals surface area contributed by atoms with Crippen molar-refractivity contribution in [2.45, 2.75) is 19.1 Å². The van der Waals surface area contributed by atoms with Gasteiger partial charge in [-0.2, -0.15) is 0 Å². The maximum atomic E-state index is 13.1. The molecular formula is C10H11BrFNO. The molecule has 1 aromatic rings. The Labute approximate surface area is 90.6 Å². The second-order valence-electron chi connectivity index (χ2n) is 3.40. The van der Waals surface area contributed by atoms with E-state index in [0.29, 0.717) is 4.47 Å². The summed E-state index contributed by atoms with van der Waals surface area (Å²) in [6, 6.07) is 3.01. The summed E-state index contributed by atoms with van der Waals surface area (Å²) in [4.78, 5) is 0. The van der Waals surface area contributed by atoms with Gasteiger partial charge in [-0.25, -0.2) is 4.39 Å². The molecule has 0 saturated heterocycles. The molecule has 0 bridgehead atoms. The van der Waals surface area contributed by atoms with Crippen molar-refractivity contribution in [3.63, 3.8) is 0 Å². The number of rotatable bonds is 1. The van der Waals surface area contributed by atoms with Crippen LogP contribution < -0.4 is 10.1 Å². The van der Waals surface area contributed by atoms with Crippen LogP contribution in [0.3, 0.4) is 0 Å². The van der Waals surface area contributed by atoms with E-state index in [1.807, 2.05) is 14.0 Å². The second kappa shape index (κ2) is 3.51. The van der Waals surface area contributed by atoms with E-state index in [0.717, 1.165) is 11.3 Å². The van der Waals surface area contributed by atoms with Crippen molar-refractivity contribution in [2.75, 3.05) is 7.05 Å². The highest BCUT2D eigenvalue weighted by molar-refractivity contribution is 9.10. The summed E-state index contributed by atoms with van der Waals surface area (Å²) in [5, 5.41) is 3.11. The SMILES string of the molecule is CNC1c2cc(F)cc(Br)c2OC1C. The quantitative estimate of drug-likeness (QED) is 0.838. The molecule has 0 amide bonds. The van der Waals surface area contributed by atoms with E-state index in [1.54, 1.807) is 0 Å². The molecule has 0 fully saturated rings. The molecule has 1 heterocycles. The Morgan fingerprint density at radius 1 is 1.50 bits per heavy atom. The highest BCUT2D eigenvalue weighted by Crippen LogP contribution is 2.41. The molecule has 1 aromatic carbocycles. The van der Waals surface area contributed by atoms with Crippen molar-refractivity contribution in [1.29, 1.82) is 0 Å². The van der Waals surface area contributed by atoms with Crippen LogP contribution in [0.1, 0.15) is 18.5 Å². The van der Waals surface area contributed by atoms with Crippen LogP contribution in [0.2, 0.25) is 0 Å². The highest BCUT2D eigenvalue weighted by Gasteiger charge is 2.31. The fourth-order valence-corrected chi connectivity index (χ4v) is 2.37. The van der Waals surface area contributed by atoms with Gasteiger partial charge in [-0.3, -0.25) is 0 Å². The third-order valence-corrected chi connectivity index (χ3v) is 3.05. The zero-order chi connectivity index (χ0) is 10.3. The van der Waals surface area contributed by atoms with Gasteiger partial charge in [0.25, 0.3) is 0 Å². The molecule has 14 heavy (non-hydrogen) atoms. The first kappa shape index (κ1) is 9.93. The predicted octanol–water partition coefficient (Wildman–Crippen LogP) is 2.63. The Bertz CT molecular complexity index is 369. The minimum Gasteiger partial charge on any atom is -0.487 e. The summed E-state index contributed by atoms with van der Waals surface area (Å²) >= 11 is 3.29. The molecule has 76 valence electrons. The molecule has 2 atom stereocenters. The van der Waals surface area contributed by atoms with Crippen molar-refractivity contribution < 1.29 is 9.13 Å². The molecule has 1 N–H and O–H groups in total. The molecular weight excluding hydrogens is 249 g/mol. The van der Waals surface area contributed by atoms with Crippen LogP contribution in [0.4, 0.5) is 4.39 Å². The lowest BCUT2D eigenvalue weighted by atomic mass is 10.0. The van der Waals surface area contributed by atoms with Crippen LogP contribution in [0.5, 0.6) is 5.75 Å². The number of hydrogen-bond donors (Lipinski definition) is 1. The van der Waals surface area contributed by atoms with E-state index < -0.39 is 0 Å². The molecule has 0 aromatic heterocycles. The number of likely N-dealkylation sites (N-methyl/N-ethyl adjacent to an activating group) is 1. The van der Waals surface area contributed by atoms with Crippen LogP contribution in [0.15, 0.2) is 16.6 Å². The van der Waals surface area contributed by atoms with Gasteiger partial charge in [-0.1, -0.05) is 0 Å². The minimum absolute atomic E-state index is 0.0353. The van der Waals surface area contributed by atoms with Crippen molar-refractivity contribution in [3.8, 4) is 5.75 Å². The Hall–Kier alpha value is -0.610. The van der Waals surface area contributed by atoms with Crippen LogP contribution in [0, 0.1) is 5.82 Å². The monoisotopic (exact) mass is 259 g/mol. The van der Waals surface area contributed by atoms with Gasteiger partial charge in [0.15, 0.2) is 0 Å². The third-order valence-electron chi connectivity index (χ3n) is 2.46. The number of benzene rings is 1. The van der Waals surface area contributed by atoms with Crippen molar-refractivity contribution >= 4 is 15.9 Å². The number of halogens is 2. The summed E-state index contributed by atoms with van der Waals surface area (Å²) in [5.74, 6) is 0.506. The molecule has 4 heteroatoms. The molecule has 2 rings (SSSR count). The van der Waals surface area contributed by atoms with Gasteiger partial charge in [-0.15, -0.1) is 0 Å². The van der Waals surface area contributed by atoms with Crippen LogP contribution in [0.25, 0.3) is 0 Å². The molecule has 1 aliphatic heterocycles. The lowest BCUT2D eigenvalue weighted by Gasteiger charge is -2.12. The molecule has 0 aliphatic carbocycles. The lowest BCUT2D eigenvalue weighted by molar-refractivity contribution is 0.213. The van der Waals surface area contributed by atoms with Gasteiger partial charge in [0.2, 0.25) is 0 Å². The Morgan fingerprint density at radius 3 is 2.86 bits per heavy atom. The molecule has 0 saturated carbocycles. The Kier molecular flexibility index (Phi) is 2.49. The van der Waals surface area contributed by atoms with E-state index in [9.17, 15) is 4.39 Å². The minimum atomic E-state index is -0.242. The molecule has 0 spiro atoms. The summed E-state index contributed by atoms with van der Waals surface area (Å²) in [6.07, 6.45) is 0.0353. The third kappa shape index (κ3) is 1.42. The van der Waals surface area contributed by atoms with E-state index in [1.165, 1.54) is 12.1 Å². The van der Waals surface area contributed by atoms with E-state index in [4.69, 9.17) is 4.74 Å². The topological polar surface area (TPSA) is 21.3 Å². The van der Waals surface area contributed by atoms with E-state index in [2.05, 4.69) is 21.2 Å². The van der Waals surface area contributed by atoms with Gasteiger partial charge >= 0.3 is 0 Å². The first-order valence-corrected chi connectivity index (χ1v) is 5.25. The van der Waals surface area contributed by atoms with Crippen LogP contribution >= 0.6 is 15.9 Å². The van der Waals surface area contributed by atoms with Crippen molar-refractivity contribution in [3.05, 3.63) is 28.0 Å². The number of hydrogen-bond acceptors (Lipinski definition) is 2. The molecule has 2 unspecified atom stereocenters. The lowest BCUT2D eigenvalue weighted by Crippen LogP contribution is -2.25. The first-order chi connectivity index (χ1) is 6.63. The average molecular weight is 260 g/mol. The standard InChI is InChI=1S/C10H11BrFNO/c1-5-9(13-2)7-3-6(12)4-8(11)10(7)14-5/h3-5,9,13H,1-2H3. The highest BCUT2D eigenvalue weighted by atomic mass is 79.9. The second-order valence-corrected chi connectivity index (χ2v) is 4.25. The molecule has 2 nitrogen and oxygen atoms in total. The van der Waals surface area contributed by atoms with Crippen LogP contribution in [-0.4, -0.2) is 13.2 Å². The number of nitrogens with one attached hydrogen (secondary N) is 1. The predicted molar refractivity (Wildman–Crippen MR) is 56.0 cm³/mol. The Balaban J connectivity index is 2.53. The maximum absolute atomic E-state index is 13.1. The zero-order valence-corrected chi connectivity index (χ0v) is 9.56. The van der Waals surface area contributed by atoms with Gasteiger partial charge in [0.05, 0.1) is 10.5 Å². The number of fused-ring (bicyclic) bond motifs is 1. The van der Waals surface area contributed by atoms with Crippen LogP contribution in [-0.2, 0) is 0 Å². The summed E-state index contributed by atoms with van der Waals surface area (Å²) in [5.41, 5.74) is 0.881. The molecule has 1 aliphatic rings. The van der Waals surface area contributed by atoms with Gasteiger partial charge in [-0.05, 0) is 42.0 Å². The largest absolute Gasteiger partial charge is 0.487 e. The summed E-state index contributed by atoms with van der Waals surface area (Å²) in [6.45, 7) is 1.96. The van der Waals surface area contributed by atoms with Crippen molar-refractivity contribution in [1.82, 2.24) is 5.32 Å². The maximum Gasteiger partial charge on any atom is 0.139 e. The zero-order valence-electron chi connectivity index (χ0n) is 7.97. The van der Waals surface area contributed by atoms with Crippen molar-refractivity contribution in [2.24, 2.45) is 0 Å². The average Bonchev–Trinajstić information content (AvgIpc) is 2.41. The van der Waals surface area contributed by atoms with E-state index in [-0.39, 0.29) is 18.0 Å². The first-order valence-electron chi connectivity index (χ1n) is 4.46. The fraction of sp³-hybridized carbons (Fsp3) is 0.400. The Morgan fingerprint density at radius 2 is 2.21 bits per heavy atom. The normalized spacial score (nSPS) is 24.6.